The van der Waals surface area contributed by atoms with Gasteiger partial charge in [0.1, 0.15) is 12.1 Å². The first kappa shape index (κ1) is 17.1. The quantitative estimate of drug-likeness (QED) is 0.731. The number of rotatable bonds is 6. The van der Waals surface area contributed by atoms with Crippen LogP contribution in [0.1, 0.15) is 17.7 Å². The van der Waals surface area contributed by atoms with Crippen LogP contribution in [0.25, 0.3) is 0 Å². The summed E-state index contributed by atoms with van der Waals surface area (Å²) in [6.45, 7) is 2.65. The monoisotopic (exact) mass is 362 g/mol. The van der Waals surface area contributed by atoms with Crippen molar-refractivity contribution in [2.45, 2.75) is 26.4 Å². The summed E-state index contributed by atoms with van der Waals surface area (Å²) < 4.78 is 16.1. The van der Waals surface area contributed by atoms with Gasteiger partial charge in [-0.3, -0.25) is 14.8 Å². The average Bonchev–Trinajstić information content (AvgIpc) is 3.14. The Bertz CT molecular complexity index is 854. The number of amides is 1. The molecular formula is C16H16ClFN6O. The van der Waals surface area contributed by atoms with E-state index in [9.17, 15) is 9.18 Å². The van der Waals surface area contributed by atoms with Crippen LogP contribution in [0, 0.1) is 12.7 Å². The number of halogens is 2. The van der Waals surface area contributed by atoms with Crippen LogP contribution in [0.2, 0.25) is 5.02 Å². The number of carbonyl (C=O) groups is 1. The van der Waals surface area contributed by atoms with Crippen molar-refractivity contribution in [2.24, 2.45) is 0 Å². The van der Waals surface area contributed by atoms with Gasteiger partial charge in [-0.25, -0.2) is 14.1 Å². The molecule has 3 aromatic rings. The molecule has 0 aliphatic rings. The van der Waals surface area contributed by atoms with Gasteiger partial charge in [0.2, 0.25) is 11.9 Å². The zero-order chi connectivity index (χ0) is 17.8. The summed E-state index contributed by atoms with van der Waals surface area (Å²) in [7, 11) is 0. The number of nitrogens with zero attached hydrogens (tertiary/aromatic N) is 5. The van der Waals surface area contributed by atoms with Crippen LogP contribution >= 0.6 is 11.6 Å². The van der Waals surface area contributed by atoms with E-state index in [2.05, 4.69) is 20.5 Å². The maximum absolute atomic E-state index is 12.9. The fourth-order valence-electron chi connectivity index (χ4n) is 2.22. The minimum absolute atomic E-state index is 0.219. The van der Waals surface area contributed by atoms with E-state index < -0.39 is 0 Å². The first-order chi connectivity index (χ1) is 12.0. The lowest BCUT2D eigenvalue weighted by atomic mass is 10.2. The van der Waals surface area contributed by atoms with Gasteiger partial charge in [0, 0.05) is 19.2 Å². The maximum Gasteiger partial charge on any atom is 0.248 e. The highest BCUT2D eigenvalue weighted by Crippen LogP contribution is 2.12. The van der Waals surface area contributed by atoms with E-state index in [1.54, 1.807) is 34.6 Å². The van der Waals surface area contributed by atoms with E-state index >= 15 is 0 Å². The van der Waals surface area contributed by atoms with E-state index in [1.165, 1.54) is 18.5 Å². The number of carbonyl (C=O) groups excluding carboxylic acids is 1. The van der Waals surface area contributed by atoms with Gasteiger partial charge >= 0.3 is 0 Å². The third kappa shape index (κ3) is 4.63. The molecule has 0 bridgehead atoms. The third-order valence-corrected chi connectivity index (χ3v) is 3.87. The Morgan fingerprint density at radius 1 is 1.24 bits per heavy atom. The predicted octanol–water partition coefficient (Wildman–Crippen LogP) is 2.65. The topological polar surface area (TPSA) is 77.6 Å². The number of hydrogen-bond acceptors (Lipinski definition) is 4. The second-order valence-electron chi connectivity index (χ2n) is 5.52. The van der Waals surface area contributed by atoms with Crippen LogP contribution < -0.4 is 5.32 Å². The fraction of sp³-hybridized carbons (Fsp3) is 0.250. The Kier molecular flexibility index (Phi) is 5.08. The molecule has 0 unspecified atom stereocenters. The third-order valence-electron chi connectivity index (χ3n) is 3.50. The summed E-state index contributed by atoms with van der Waals surface area (Å²) in [6, 6.07) is 6.12. The van der Waals surface area contributed by atoms with Gasteiger partial charge in [-0.05, 0) is 24.6 Å². The lowest BCUT2D eigenvalue weighted by molar-refractivity contribution is -0.116. The van der Waals surface area contributed by atoms with Gasteiger partial charge in [-0.1, -0.05) is 23.7 Å². The highest BCUT2D eigenvalue weighted by atomic mass is 35.5. The lowest BCUT2D eigenvalue weighted by Gasteiger charge is -2.02. The largest absolute Gasteiger partial charge is 0.293 e. The highest BCUT2D eigenvalue weighted by Gasteiger charge is 2.09. The van der Waals surface area contributed by atoms with Crippen molar-refractivity contribution in [3.05, 3.63) is 58.9 Å². The molecule has 3 rings (SSSR count). The molecule has 0 aliphatic carbocycles. The van der Waals surface area contributed by atoms with Crippen molar-refractivity contribution in [3.63, 3.8) is 0 Å². The molecule has 0 aliphatic heterocycles. The van der Waals surface area contributed by atoms with Gasteiger partial charge < -0.3 is 0 Å². The summed E-state index contributed by atoms with van der Waals surface area (Å²) in [6.07, 6.45) is 3.42. The Morgan fingerprint density at radius 3 is 2.68 bits per heavy atom. The zero-order valence-corrected chi connectivity index (χ0v) is 14.2. The molecule has 0 saturated heterocycles. The molecular weight excluding hydrogens is 347 g/mol. The number of nitrogens with one attached hydrogen (secondary N) is 1. The lowest BCUT2D eigenvalue weighted by Crippen LogP contribution is -2.16. The van der Waals surface area contributed by atoms with Crippen LogP contribution in [0.4, 0.5) is 10.3 Å². The van der Waals surface area contributed by atoms with Crippen LogP contribution in [-0.2, 0) is 17.9 Å². The second kappa shape index (κ2) is 7.43. The van der Waals surface area contributed by atoms with Gasteiger partial charge in [-0.2, -0.15) is 5.10 Å². The molecule has 0 atom stereocenters. The smallest absolute Gasteiger partial charge is 0.248 e. The maximum atomic E-state index is 12.9. The van der Waals surface area contributed by atoms with E-state index in [-0.39, 0.29) is 24.1 Å². The molecule has 2 heterocycles. The van der Waals surface area contributed by atoms with Gasteiger partial charge in [0.15, 0.2) is 0 Å². The van der Waals surface area contributed by atoms with E-state index in [0.717, 1.165) is 11.3 Å². The average molecular weight is 363 g/mol. The van der Waals surface area contributed by atoms with Crippen LogP contribution in [0.3, 0.4) is 0 Å². The van der Waals surface area contributed by atoms with E-state index in [0.29, 0.717) is 18.1 Å². The Morgan fingerprint density at radius 2 is 2.00 bits per heavy atom. The van der Waals surface area contributed by atoms with Crippen molar-refractivity contribution < 1.29 is 9.18 Å². The summed E-state index contributed by atoms with van der Waals surface area (Å²) in [5.41, 5.74) is 1.61. The summed E-state index contributed by atoms with van der Waals surface area (Å²) in [4.78, 5) is 16.0. The number of aromatic nitrogens is 5. The number of hydrogen-bond donors (Lipinski definition) is 1. The van der Waals surface area contributed by atoms with Crippen molar-refractivity contribution in [1.82, 2.24) is 24.5 Å². The molecule has 0 radical (unpaired) electrons. The van der Waals surface area contributed by atoms with Crippen molar-refractivity contribution in [3.8, 4) is 0 Å². The Hall–Kier alpha value is -2.74. The van der Waals surface area contributed by atoms with Crippen molar-refractivity contribution >= 4 is 23.5 Å². The SMILES string of the molecule is Cc1nn(CCC(=O)Nc2ncn(Cc3ccc(F)cc3)n2)cc1Cl. The molecule has 25 heavy (non-hydrogen) atoms. The van der Waals surface area contributed by atoms with E-state index in [1.807, 2.05) is 0 Å². The minimum atomic E-state index is -0.288. The van der Waals surface area contributed by atoms with Gasteiger partial charge in [-0.15, -0.1) is 5.10 Å². The molecule has 1 amide bonds. The summed E-state index contributed by atoms with van der Waals surface area (Å²) in [5, 5.41) is 11.6. The summed E-state index contributed by atoms with van der Waals surface area (Å²) >= 11 is 5.92. The standard InChI is InChI=1S/C16H16ClFN6O/c1-11-14(17)9-23(21-11)7-6-15(25)20-16-19-10-24(22-16)8-12-2-4-13(18)5-3-12/h2-5,9-10H,6-8H2,1H3,(H,20,22,25). The fourth-order valence-corrected chi connectivity index (χ4v) is 2.37. The highest BCUT2D eigenvalue weighted by molar-refractivity contribution is 6.31. The number of aryl methyl sites for hydroxylation is 2. The Labute approximate surface area is 148 Å². The molecule has 9 heteroatoms. The van der Waals surface area contributed by atoms with Gasteiger partial charge in [0.05, 0.1) is 17.3 Å². The van der Waals surface area contributed by atoms with Crippen LogP contribution in [-0.4, -0.2) is 30.5 Å². The van der Waals surface area contributed by atoms with Crippen LogP contribution in [0.5, 0.6) is 0 Å². The zero-order valence-electron chi connectivity index (χ0n) is 13.5. The first-order valence-corrected chi connectivity index (χ1v) is 8.01. The van der Waals surface area contributed by atoms with Crippen molar-refractivity contribution in [1.29, 1.82) is 0 Å². The molecule has 0 spiro atoms. The first-order valence-electron chi connectivity index (χ1n) is 7.63. The molecule has 1 aromatic carbocycles. The van der Waals surface area contributed by atoms with Crippen molar-refractivity contribution in [2.75, 3.05) is 5.32 Å². The summed E-state index contributed by atoms with van der Waals surface area (Å²) in [5.74, 6) is -0.283. The molecule has 0 saturated carbocycles. The normalized spacial score (nSPS) is 10.8. The minimum Gasteiger partial charge on any atom is -0.293 e. The predicted molar refractivity (Wildman–Crippen MR) is 90.7 cm³/mol. The number of benzene rings is 1. The van der Waals surface area contributed by atoms with E-state index in [4.69, 9.17) is 11.6 Å². The molecule has 1 N–H and O–H groups in total. The Balaban J connectivity index is 1.51. The number of anilines is 1. The molecule has 7 nitrogen and oxygen atoms in total. The second-order valence-corrected chi connectivity index (χ2v) is 5.92. The van der Waals surface area contributed by atoms with Gasteiger partial charge in [0.25, 0.3) is 0 Å². The van der Waals surface area contributed by atoms with Crippen LogP contribution in [0.15, 0.2) is 36.8 Å². The molecule has 0 fully saturated rings. The molecule has 130 valence electrons. The molecule has 2 aromatic heterocycles.